The van der Waals surface area contributed by atoms with Crippen molar-refractivity contribution in [3.63, 3.8) is 0 Å². The number of carbonyl (C=O) groups is 2. The molecule has 4 bridgehead atoms. The minimum atomic E-state index is -3.13. The standard InChI is InChI=1S/C31H40ClN3O4S.C31H38ClN3O4S.2CH4/c2*1-38-28-7-3-2-4-15-40(33,37)34-30(36)22-9-13-29-27(17-22)35(18-23-8-11-25(23)28)19-31(20-39-29)14-5-6-21-16-24(32)10-12-26(21)31;;/h9-10,12-13,16-17,23,25,28H,2-8,11,14-15,18-20H2,1H3,(H2,33,34,36,37);3,7,9-10,12-13,16-17,23,25,28H,2,4-6,8,11,14-15,18-20H2,1H3,(H2,33,34,36,37);2*1H4/b;7-3+;;/t2*23-,25+,28-,31-,40?;;/m00../s1. The Balaban J connectivity index is 0.000000193. The molecular weight excluding hydrogens is 1120 g/mol. The molecule has 0 aromatic heterocycles. The molecule has 18 heteroatoms. The lowest BCUT2D eigenvalue weighted by molar-refractivity contribution is -0.0220. The number of aryl methyl sites for hydroxylation is 2. The van der Waals surface area contributed by atoms with Gasteiger partial charge in [0.05, 0.1) is 36.8 Å². The molecule has 2 unspecified atom stereocenters. The van der Waals surface area contributed by atoms with Crippen molar-refractivity contribution in [2.24, 2.45) is 42.7 Å². The average molecular weight is 1200 g/mol. The smallest absolute Gasteiger partial charge is 0.286 e. The largest absolute Gasteiger partial charge is 0.490 e. The minimum absolute atomic E-state index is 0. The maximum absolute atomic E-state index is 13.2. The van der Waals surface area contributed by atoms with Crippen LogP contribution < -0.4 is 29.6 Å². The third-order valence-corrected chi connectivity index (χ3v) is 22.1. The lowest BCUT2D eigenvalue weighted by Gasteiger charge is -2.46. The third kappa shape index (κ3) is 13.3. The van der Waals surface area contributed by atoms with Crippen LogP contribution in [-0.4, -0.2) is 97.6 Å². The number of methoxy groups -OCH3 is 2. The van der Waals surface area contributed by atoms with E-state index in [0.717, 1.165) is 130 Å². The number of hydrogen-bond acceptors (Lipinski definition) is 10. The lowest BCUT2D eigenvalue weighted by atomic mass is 9.68. The fraction of sp³-hybridized carbons (Fsp3) is 0.562. The summed E-state index contributed by atoms with van der Waals surface area (Å²) >= 11 is 12.8. The Kier molecular flexibility index (Phi) is 19.7. The molecule has 14 nitrogen and oxygen atoms in total. The van der Waals surface area contributed by atoms with Crippen molar-refractivity contribution in [1.82, 2.24) is 0 Å². The molecule has 446 valence electrons. The van der Waals surface area contributed by atoms with E-state index in [1.807, 2.05) is 43.5 Å². The van der Waals surface area contributed by atoms with Gasteiger partial charge in [-0.3, -0.25) is 9.59 Å². The van der Waals surface area contributed by atoms with Crippen molar-refractivity contribution in [2.75, 3.05) is 74.9 Å². The van der Waals surface area contributed by atoms with Crippen LogP contribution in [0.25, 0.3) is 0 Å². The molecular formula is C64H86Cl2N6O8S2. The van der Waals surface area contributed by atoms with Crippen LogP contribution in [0.4, 0.5) is 11.4 Å². The van der Waals surface area contributed by atoms with Crippen molar-refractivity contribution < 1.29 is 37.0 Å². The predicted octanol–water partition coefficient (Wildman–Crippen LogP) is 12.9. The van der Waals surface area contributed by atoms with Crippen LogP contribution in [0.5, 0.6) is 11.5 Å². The summed E-state index contributed by atoms with van der Waals surface area (Å²) in [5.74, 6) is 2.69. The van der Waals surface area contributed by atoms with Gasteiger partial charge >= 0.3 is 0 Å². The highest BCUT2D eigenvalue weighted by Gasteiger charge is 2.47. The molecule has 82 heavy (non-hydrogen) atoms. The van der Waals surface area contributed by atoms with Crippen LogP contribution in [0.15, 0.2) is 93.7 Å². The SMILES string of the molecule is C.C.CO[C@H]1/C=C/CCCS(N)(=O)=NC(=O)c2ccc3c(c2)N(C[C@@H]2CC[C@H]21)C[C@@]1(CCCc2cc(Cl)ccc21)CO3.CO[C@H]1CCCCCS(N)(=O)=NC(=O)c2ccc3c(c2)N(C[C@@H]2CC[C@H]21)C[C@@]1(CCCc2cc(Cl)ccc21)CO3. The Bertz CT molecular complexity index is 3290. The fourth-order valence-corrected chi connectivity index (χ4v) is 17.0. The molecule has 0 radical (unpaired) electrons. The van der Waals surface area contributed by atoms with Crippen molar-refractivity contribution >= 4 is 66.2 Å². The highest BCUT2D eigenvalue weighted by Crippen LogP contribution is 2.50. The number of nitrogens with two attached hydrogens (primary N) is 2. The van der Waals surface area contributed by atoms with Gasteiger partial charge in [0.25, 0.3) is 11.8 Å². The number of ether oxygens (including phenoxy) is 4. The number of fused-ring (bicyclic) bond motifs is 8. The van der Waals surface area contributed by atoms with Crippen molar-refractivity contribution in [1.29, 1.82) is 0 Å². The number of hydrogen-bond donors (Lipinski definition) is 2. The first-order chi connectivity index (χ1) is 38.5. The van der Waals surface area contributed by atoms with Crippen LogP contribution in [-0.2, 0) is 53.0 Å². The maximum atomic E-state index is 13.2. The van der Waals surface area contributed by atoms with Gasteiger partial charge in [0.1, 0.15) is 31.3 Å². The average Bonchev–Trinajstić information content (AvgIpc) is 3.92. The van der Waals surface area contributed by atoms with Crippen LogP contribution in [0.3, 0.4) is 0 Å². The number of rotatable bonds is 2. The first-order valence-electron chi connectivity index (χ1n) is 29.0. The molecule has 2 spiro atoms. The van der Waals surface area contributed by atoms with Gasteiger partial charge in [-0.2, -0.15) is 0 Å². The first kappa shape index (κ1) is 62.0. The van der Waals surface area contributed by atoms with Gasteiger partial charge in [-0.25, -0.2) is 18.7 Å². The van der Waals surface area contributed by atoms with E-state index >= 15 is 0 Å². The molecule has 2 saturated carbocycles. The van der Waals surface area contributed by atoms with E-state index in [1.54, 1.807) is 19.2 Å². The van der Waals surface area contributed by atoms with Crippen LogP contribution in [0, 0.1) is 23.7 Å². The summed E-state index contributed by atoms with van der Waals surface area (Å²) in [6.07, 6.45) is 20.1. The molecule has 4 heterocycles. The predicted molar refractivity (Wildman–Crippen MR) is 333 cm³/mol. The Morgan fingerprint density at radius 2 is 1.12 bits per heavy atom. The first-order valence-corrected chi connectivity index (χ1v) is 33.3. The topological polar surface area (TPSA) is 188 Å². The maximum Gasteiger partial charge on any atom is 0.286 e. The van der Waals surface area contributed by atoms with Gasteiger partial charge in [0, 0.05) is 83.9 Å². The minimum Gasteiger partial charge on any atom is -0.490 e. The number of benzene rings is 4. The Morgan fingerprint density at radius 1 is 0.610 bits per heavy atom. The summed E-state index contributed by atoms with van der Waals surface area (Å²) in [7, 11) is -2.62. The van der Waals surface area contributed by atoms with Crippen molar-refractivity contribution in [3.05, 3.63) is 128 Å². The van der Waals surface area contributed by atoms with E-state index in [1.165, 1.54) is 35.1 Å². The molecule has 8 aliphatic rings. The lowest BCUT2D eigenvalue weighted by Crippen LogP contribution is -2.49. The molecule has 0 saturated heterocycles. The van der Waals surface area contributed by atoms with E-state index < -0.39 is 31.6 Å². The van der Waals surface area contributed by atoms with Crippen molar-refractivity contribution in [2.45, 2.75) is 141 Å². The monoisotopic (exact) mass is 1200 g/mol. The summed E-state index contributed by atoms with van der Waals surface area (Å²) in [5.41, 5.74) is 7.39. The summed E-state index contributed by atoms with van der Waals surface area (Å²) in [4.78, 5) is 31.2. The van der Waals surface area contributed by atoms with Gasteiger partial charge in [-0.1, -0.05) is 75.2 Å². The third-order valence-electron chi connectivity index (χ3n) is 18.9. The van der Waals surface area contributed by atoms with Crippen molar-refractivity contribution in [3.8, 4) is 11.5 Å². The number of halogens is 2. The van der Waals surface area contributed by atoms with E-state index in [-0.39, 0.29) is 49.4 Å². The Labute approximate surface area is 498 Å². The van der Waals surface area contributed by atoms with Gasteiger partial charge in [0.2, 0.25) is 0 Å². The Morgan fingerprint density at radius 3 is 1.61 bits per heavy atom. The molecule has 4 aliphatic heterocycles. The van der Waals surface area contributed by atoms with Gasteiger partial charge in [-0.15, -0.1) is 8.73 Å². The summed E-state index contributed by atoms with van der Waals surface area (Å²) in [5, 5.41) is 13.5. The second-order valence-electron chi connectivity index (χ2n) is 24.1. The number of allylic oxidation sites excluding steroid dienone is 1. The molecule has 4 aliphatic carbocycles. The number of amides is 2. The number of nitrogens with zero attached hydrogens (tertiary/aromatic N) is 4. The molecule has 2 fully saturated rings. The number of carbonyl (C=O) groups excluding carboxylic acids is 2. The Hall–Kier alpha value is -4.52. The fourth-order valence-electron chi connectivity index (χ4n) is 14.5. The quantitative estimate of drug-likeness (QED) is 0.183. The van der Waals surface area contributed by atoms with Crippen LogP contribution >= 0.6 is 23.2 Å². The highest BCUT2D eigenvalue weighted by molar-refractivity contribution is 7.92. The molecule has 2 amide bonds. The molecule has 4 aromatic carbocycles. The molecule has 12 rings (SSSR count). The second kappa shape index (κ2) is 26.0. The van der Waals surface area contributed by atoms with E-state index in [9.17, 15) is 18.0 Å². The zero-order valence-corrected chi connectivity index (χ0v) is 49.4. The molecule has 10 atom stereocenters. The van der Waals surface area contributed by atoms with Crippen LogP contribution in [0.2, 0.25) is 10.0 Å². The van der Waals surface area contributed by atoms with Gasteiger partial charge < -0.3 is 28.7 Å². The van der Waals surface area contributed by atoms with E-state index in [4.69, 9.17) is 52.4 Å². The zero-order valence-electron chi connectivity index (χ0n) is 46.3. The van der Waals surface area contributed by atoms with E-state index in [0.29, 0.717) is 67.3 Å². The summed E-state index contributed by atoms with van der Waals surface area (Å²) in [6.45, 7) is 4.38. The second-order valence-corrected chi connectivity index (χ2v) is 28.9. The normalized spacial score (nSPS) is 32.0. The van der Waals surface area contributed by atoms with Crippen LogP contribution in [0.1, 0.15) is 148 Å². The van der Waals surface area contributed by atoms with Gasteiger partial charge in [-0.05, 0) is 196 Å². The molecule has 4 aromatic rings. The van der Waals surface area contributed by atoms with Gasteiger partial charge in [0.15, 0.2) is 0 Å². The number of anilines is 2. The highest BCUT2D eigenvalue weighted by atomic mass is 35.5. The summed E-state index contributed by atoms with van der Waals surface area (Å²) < 4.78 is 59.0. The zero-order chi connectivity index (χ0) is 55.8. The van der Waals surface area contributed by atoms with E-state index in [2.05, 4.69) is 54.9 Å². The summed E-state index contributed by atoms with van der Waals surface area (Å²) in [6, 6.07) is 23.4. The molecule has 4 N–H and O–H groups in total.